The highest BCUT2D eigenvalue weighted by Crippen LogP contribution is 2.40. The average Bonchev–Trinajstić information content (AvgIpc) is 3.59. The van der Waals surface area contributed by atoms with Gasteiger partial charge in [-0.2, -0.15) is 0 Å². The molecular weight excluding hydrogens is 630 g/mol. The number of methoxy groups -OCH3 is 1. The fourth-order valence-corrected chi connectivity index (χ4v) is 7.02. The van der Waals surface area contributed by atoms with E-state index in [0.29, 0.717) is 65.5 Å². The summed E-state index contributed by atoms with van der Waals surface area (Å²) < 4.78 is 33.9. The standard InChI is InChI=1S/C36H46F2N8O3/c1-5-36(47)43-29-19-30(42-34-21-35(40-22-39-34)46-31(10-15-49-46)24-16-25(37)18-26(38)17-24)33(48-4)20-32(29)45-13-8-28(9-14-45)41-27-6-11-44(12-7-27)23(2)3/h5,16-23,27-28,31,41H,1,6-15H2,2-4H3,(H,43,47)(H,39,40,42)/t31-/m1/s1. The molecule has 3 N–H and O–H groups in total. The first-order valence-corrected chi connectivity index (χ1v) is 17.1. The van der Waals surface area contributed by atoms with Crippen molar-refractivity contribution >= 4 is 34.6 Å². The first-order chi connectivity index (χ1) is 23.7. The van der Waals surface area contributed by atoms with Crippen LogP contribution < -0.4 is 30.7 Å². The number of amides is 1. The molecule has 0 unspecified atom stereocenters. The topological polar surface area (TPSA) is 107 Å². The second-order valence-electron chi connectivity index (χ2n) is 13.1. The van der Waals surface area contributed by atoms with E-state index < -0.39 is 17.7 Å². The number of nitrogens with one attached hydrogen (secondary N) is 3. The molecule has 3 aromatic rings. The van der Waals surface area contributed by atoms with Gasteiger partial charge in [-0.3, -0.25) is 9.63 Å². The van der Waals surface area contributed by atoms with Crippen LogP contribution in [0.4, 0.5) is 37.5 Å². The minimum atomic E-state index is -0.652. The molecule has 3 aliphatic heterocycles. The van der Waals surface area contributed by atoms with Gasteiger partial charge in [0.1, 0.15) is 29.5 Å². The number of hydroxylamine groups is 1. The smallest absolute Gasteiger partial charge is 0.247 e. The predicted molar refractivity (Wildman–Crippen MR) is 187 cm³/mol. The molecule has 49 heavy (non-hydrogen) atoms. The van der Waals surface area contributed by atoms with Gasteiger partial charge in [-0.25, -0.2) is 23.8 Å². The lowest BCUT2D eigenvalue weighted by atomic mass is 9.98. The molecule has 3 aliphatic rings. The number of carbonyl (C=O) groups is 1. The van der Waals surface area contributed by atoms with Crippen molar-refractivity contribution in [2.45, 2.75) is 70.1 Å². The molecule has 0 aliphatic carbocycles. The molecule has 1 aromatic heterocycles. The molecular formula is C36H46F2N8O3. The van der Waals surface area contributed by atoms with Crippen molar-refractivity contribution in [2.24, 2.45) is 0 Å². The SMILES string of the molecule is C=CC(=O)Nc1cc(Nc2cc(N3OCC[C@@H]3c3cc(F)cc(F)c3)ncn2)c(OC)cc1N1CCC(NC2CCN(C(C)C)CC2)CC1. The van der Waals surface area contributed by atoms with Gasteiger partial charge in [-0.15, -0.1) is 0 Å². The monoisotopic (exact) mass is 676 g/mol. The van der Waals surface area contributed by atoms with E-state index in [-0.39, 0.29) is 5.91 Å². The number of piperidine rings is 2. The molecule has 3 fully saturated rings. The van der Waals surface area contributed by atoms with Gasteiger partial charge in [0.25, 0.3) is 0 Å². The molecule has 2 aromatic carbocycles. The number of benzene rings is 2. The fraction of sp³-hybridized carbons (Fsp3) is 0.472. The Balaban J connectivity index is 1.18. The molecule has 262 valence electrons. The van der Waals surface area contributed by atoms with Crippen LogP contribution in [0.5, 0.6) is 5.75 Å². The maximum atomic E-state index is 14.0. The number of nitrogens with zero attached hydrogens (tertiary/aromatic N) is 5. The normalized spacial score (nSPS) is 19.3. The van der Waals surface area contributed by atoms with Crippen LogP contribution in [0.25, 0.3) is 0 Å². The van der Waals surface area contributed by atoms with Crippen LogP contribution in [0.2, 0.25) is 0 Å². The summed E-state index contributed by atoms with van der Waals surface area (Å²) in [4.78, 5) is 32.0. The Morgan fingerprint density at radius 1 is 0.959 bits per heavy atom. The summed E-state index contributed by atoms with van der Waals surface area (Å²) in [6.07, 6.45) is 7.50. The third-order valence-corrected chi connectivity index (χ3v) is 9.64. The second-order valence-corrected chi connectivity index (χ2v) is 13.1. The number of likely N-dealkylation sites (tertiary alicyclic amines) is 1. The van der Waals surface area contributed by atoms with Crippen molar-refractivity contribution in [1.82, 2.24) is 20.2 Å². The maximum Gasteiger partial charge on any atom is 0.247 e. The Bertz CT molecular complexity index is 1610. The quantitative estimate of drug-likeness (QED) is 0.211. The van der Waals surface area contributed by atoms with Crippen LogP contribution in [-0.2, 0) is 9.63 Å². The van der Waals surface area contributed by atoms with Crippen molar-refractivity contribution in [3.8, 4) is 5.75 Å². The van der Waals surface area contributed by atoms with Gasteiger partial charge in [0.15, 0.2) is 5.82 Å². The zero-order valence-corrected chi connectivity index (χ0v) is 28.4. The van der Waals surface area contributed by atoms with E-state index >= 15 is 0 Å². The van der Waals surface area contributed by atoms with Crippen molar-refractivity contribution in [2.75, 3.05) is 60.5 Å². The first kappa shape index (κ1) is 34.5. The van der Waals surface area contributed by atoms with Crippen molar-refractivity contribution in [3.63, 3.8) is 0 Å². The summed E-state index contributed by atoms with van der Waals surface area (Å²) in [5, 5.41) is 11.7. The van der Waals surface area contributed by atoms with E-state index in [9.17, 15) is 13.6 Å². The Morgan fingerprint density at radius 2 is 1.65 bits per heavy atom. The minimum absolute atomic E-state index is 0.322. The van der Waals surface area contributed by atoms with E-state index in [2.05, 4.69) is 56.1 Å². The van der Waals surface area contributed by atoms with Gasteiger partial charge < -0.3 is 30.5 Å². The lowest BCUT2D eigenvalue weighted by Crippen LogP contribution is -2.50. The van der Waals surface area contributed by atoms with Crippen LogP contribution in [0, 0.1) is 11.6 Å². The van der Waals surface area contributed by atoms with Crippen LogP contribution in [-0.4, -0.2) is 78.8 Å². The minimum Gasteiger partial charge on any atom is -0.494 e. The highest BCUT2D eigenvalue weighted by Gasteiger charge is 2.31. The Labute approximate surface area is 286 Å². The van der Waals surface area contributed by atoms with Gasteiger partial charge in [0, 0.05) is 55.8 Å². The lowest BCUT2D eigenvalue weighted by Gasteiger charge is -2.40. The summed E-state index contributed by atoms with van der Waals surface area (Å²) in [5.41, 5.74) is 2.51. The molecule has 13 heteroatoms. The summed E-state index contributed by atoms with van der Waals surface area (Å²) in [7, 11) is 1.60. The van der Waals surface area contributed by atoms with E-state index in [0.717, 1.165) is 50.8 Å². The largest absolute Gasteiger partial charge is 0.494 e. The zero-order valence-electron chi connectivity index (χ0n) is 28.4. The third kappa shape index (κ3) is 8.28. The number of hydrogen-bond donors (Lipinski definition) is 3. The number of anilines is 5. The van der Waals surface area contributed by atoms with Crippen molar-refractivity contribution < 1.29 is 23.1 Å². The summed E-state index contributed by atoms with van der Waals surface area (Å²) in [6, 6.07) is 10.1. The molecule has 4 heterocycles. The summed E-state index contributed by atoms with van der Waals surface area (Å²) in [5.74, 6) is -0.210. The van der Waals surface area contributed by atoms with Gasteiger partial charge in [-0.1, -0.05) is 6.58 Å². The number of ether oxygens (including phenoxy) is 1. The molecule has 0 bridgehead atoms. The number of halogens is 2. The van der Waals surface area contributed by atoms with Crippen LogP contribution in [0.1, 0.15) is 57.6 Å². The summed E-state index contributed by atoms with van der Waals surface area (Å²) >= 11 is 0. The lowest BCUT2D eigenvalue weighted by molar-refractivity contribution is -0.111. The molecule has 3 saturated heterocycles. The van der Waals surface area contributed by atoms with Gasteiger partial charge >= 0.3 is 0 Å². The maximum absolute atomic E-state index is 14.0. The van der Waals surface area contributed by atoms with Crippen LogP contribution >= 0.6 is 0 Å². The van der Waals surface area contributed by atoms with E-state index in [4.69, 9.17) is 9.57 Å². The average molecular weight is 677 g/mol. The Kier molecular flexibility index (Phi) is 10.9. The highest BCUT2D eigenvalue weighted by atomic mass is 19.1. The Hall–Kier alpha value is -4.33. The number of hydrogen-bond acceptors (Lipinski definition) is 10. The molecule has 1 amide bonds. The Morgan fingerprint density at radius 3 is 2.31 bits per heavy atom. The van der Waals surface area contributed by atoms with E-state index in [1.807, 2.05) is 12.1 Å². The van der Waals surface area contributed by atoms with Gasteiger partial charge in [0.2, 0.25) is 5.91 Å². The first-order valence-electron chi connectivity index (χ1n) is 17.1. The highest BCUT2D eigenvalue weighted by molar-refractivity contribution is 6.02. The third-order valence-electron chi connectivity index (χ3n) is 9.64. The van der Waals surface area contributed by atoms with Crippen LogP contribution in [0.15, 0.2) is 55.4 Å². The van der Waals surface area contributed by atoms with Crippen LogP contribution in [0.3, 0.4) is 0 Å². The predicted octanol–water partition coefficient (Wildman–Crippen LogP) is 5.95. The molecule has 0 radical (unpaired) electrons. The molecule has 6 rings (SSSR count). The molecule has 1 atom stereocenters. The number of aromatic nitrogens is 2. The van der Waals surface area contributed by atoms with Gasteiger partial charge in [0.05, 0.1) is 36.8 Å². The van der Waals surface area contributed by atoms with Crippen molar-refractivity contribution in [3.05, 3.63) is 72.6 Å². The fourth-order valence-electron chi connectivity index (χ4n) is 7.02. The van der Waals surface area contributed by atoms with E-state index in [1.54, 1.807) is 18.2 Å². The van der Waals surface area contributed by atoms with Gasteiger partial charge in [-0.05, 0) is 82.5 Å². The van der Waals surface area contributed by atoms with Crippen molar-refractivity contribution in [1.29, 1.82) is 0 Å². The van der Waals surface area contributed by atoms with E-state index in [1.165, 1.54) is 37.4 Å². The molecule has 0 spiro atoms. The second kappa shape index (κ2) is 15.5. The number of carbonyl (C=O) groups excluding carboxylic acids is 1. The number of rotatable bonds is 11. The molecule has 11 nitrogen and oxygen atoms in total. The zero-order chi connectivity index (χ0) is 34.5. The molecule has 0 saturated carbocycles. The summed E-state index contributed by atoms with van der Waals surface area (Å²) in [6.45, 7) is 12.5.